The fourth-order valence-corrected chi connectivity index (χ4v) is 2.57. The number of rotatable bonds is 4. The van der Waals surface area contributed by atoms with E-state index in [4.69, 9.17) is 0 Å². The van der Waals surface area contributed by atoms with Gasteiger partial charge in [-0.2, -0.15) is 5.10 Å². The SMILES string of the molecule is Cc1cc(NC(=O)c2ccc(-n3cncn3)cc2)ccc1-n1cnnn1. The summed E-state index contributed by atoms with van der Waals surface area (Å²) in [5, 5.41) is 18.1. The van der Waals surface area contributed by atoms with Crippen molar-refractivity contribution in [1.29, 1.82) is 0 Å². The van der Waals surface area contributed by atoms with Crippen LogP contribution in [0.15, 0.2) is 61.4 Å². The van der Waals surface area contributed by atoms with E-state index >= 15 is 0 Å². The molecule has 4 rings (SSSR count). The third kappa shape index (κ3) is 3.05. The molecule has 0 saturated carbocycles. The van der Waals surface area contributed by atoms with Crippen molar-refractivity contribution in [3.63, 3.8) is 0 Å². The molecule has 128 valence electrons. The Kier molecular flexibility index (Phi) is 3.94. The summed E-state index contributed by atoms with van der Waals surface area (Å²) in [6, 6.07) is 12.7. The first kappa shape index (κ1) is 15.6. The Bertz CT molecular complexity index is 1020. The van der Waals surface area contributed by atoms with Crippen molar-refractivity contribution in [3.05, 3.63) is 72.6 Å². The highest BCUT2D eigenvalue weighted by molar-refractivity contribution is 6.04. The number of aromatic nitrogens is 7. The molecule has 0 atom stereocenters. The molecule has 0 unspecified atom stereocenters. The number of hydrogen-bond donors (Lipinski definition) is 1. The second kappa shape index (κ2) is 6.55. The van der Waals surface area contributed by atoms with Crippen LogP contribution < -0.4 is 5.32 Å². The Morgan fingerprint density at radius 1 is 1.04 bits per heavy atom. The van der Waals surface area contributed by atoms with E-state index in [9.17, 15) is 4.79 Å². The van der Waals surface area contributed by atoms with Crippen LogP contribution in [0.1, 0.15) is 15.9 Å². The predicted molar refractivity (Wildman–Crippen MR) is 93.2 cm³/mol. The van der Waals surface area contributed by atoms with E-state index in [1.807, 2.05) is 37.3 Å². The molecule has 9 nitrogen and oxygen atoms in total. The molecular formula is C17H14N8O. The van der Waals surface area contributed by atoms with E-state index < -0.39 is 0 Å². The number of carbonyl (C=O) groups is 1. The molecule has 0 aliphatic carbocycles. The van der Waals surface area contributed by atoms with Crippen LogP contribution in [-0.2, 0) is 0 Å². The minimum Gasteiger partial charge on any atom is -0.322 e. The molecule has 0 aliphatic heterocycles. The second-order valence-corrected chi connectivity index (χ2v) is 5.60. The van der Waals surface area contributed by atoms with Crippen LogP contribution in [-0.4, -0.2) is 40.9 Å². The van der Waals surface area contributed by atoms with E-state index in [1.165, 1.54) is 12.7 Å². The molecule has 9 heteroatoms. The molecule has 4 aromatic rings. The fourth-order valence-electron chi connectivity index (χ4n) is 2.57. The van der Waals surface area contributed by atoms with E-state index in [0.29, 0.717) is 11.3 Å². The van der Waals surface area contributed by atoms with E-state index in [0.717, 1.165) is 16.9 Å². The van der Waals surface area contributed by atoms with Crippen LogP contribution in [0.25, 0.3) is 11.4 Å². The molecule has 2 heterocycles. The molecule has 2 aromatic heterocycles. The number of hydrogen-bond acceptors (Lipinski definition) is 6. The highest BCUT2D eigenvalue weighted by Crippen LogP contribution is 2.19. The molecule has 1 amide bonds. The maximum absolute atomic E-state index is 12.5. The van der Waals surface area contributed by atoms with Crippen molar-refractivity contribution in [2.45, 2.75) is 6.92 Å². The molecule has 0 saturated heterocycles. The summed E-state index contributed by atoms with van der Waals surface area (Å²) in [5.74, 6) is -0.190. The molecule has 0 spiro atoms. The van der Waals surface area contributed by atoms with Crippen molar-refractivity contribution >= 4 is 11.6 Å². The van der Waals surface area contributed by atoms with Gasteiger partial charge in [0, 0.05) is 11.3 Å². The molecule has 26 heavy (non-hydrogen) atoms. The van der Waals surface area contributed by atoms with Crippen LogP contribution >= 0.6 is 0 Å². The van der Waals surface area contributed by atoms with Gasteiger partial charge >= 0.3 is 0 Å². The Hall–Kier alpha value is -3.88. The first-order chi connectivity index (χ1) is 12.7. The van der Waals surface area contributed by atoms with Crippen LogP contribution in [0.3, 0.4) is 0 Å². The minimum atomic E-state index is -0.190. The summed E-state index contributed by atoms with van der Waals surface area (Å²) in [4.78, 5) is 16.4. The van der Waals surface area contributed by atoms with Crippen LogP contribution in [0.4, 0.5) is 5.69 Å². The topological polar surface area (TPSA) is 103 Å². The van der Waals surface area contributed by atoms with E-state index in [2.05, 4.69) is 30.9 Å². The number of anilines is 1. The molecule has 0 bridgehead atoms. The van der Waals surface area contributed by atoms with Gasteiger partial charge in [0.2, 0.25) is 0 Å². The summed E-state index contributed by atoms with van der Waals surface area (Å²) in [7, 11) is 0. The zero-order valence-electron chi connectivity index (χ0n) is 13.8. The summed E-state index contributed by atoms with van der Waals surface area (Å²) < 4.78 is 3.20. The highest BCUT2D eigenvalue weighted by atomic mass is 16.1. The van der Waals surface area contributed by atoms with Gasteiger partial charge in [-0.1, -0.05) is 0 Å². The lowest BCUT2D eigenvalue weighted by atomic mass is 10.1. The largest absolute Gasteiger partial charge is 0.322 e. The second-order valence-electron chi connectivity index (χ2n) is 5.60. The van der Waals surface area contributed by atoms with Crippen molar-refractivity contribution in [3.8, 4) is 11.4 Å². The third-order valence-corrected chi connectivity index (χ3v) is 3.86. The first-order valence-corrected chi connectivity index (χ1v) is 7.81. The molecule has 0 aliphatic rings. The van der Waals surface area contributed by atoms with E-state index in [1.54, 1.807) is 27.8 Å². The van der Waals surface area contributed by atoms with Crippen molar-refractivity contribution in [2.24, 2.45) is 0 Å². The Morgan fingerprint density at radius 2 is 1.88 bits per heavy atom. The number of nitrogens with one attached hydrogen (secondary N) is 1. The van der Waals surface area contributed by atoms with Crippen LogP contribution in [0.2, 0.25) is 0 Å². The lowest BCUT2D eigenvalue weighted by molar-refractivity contribution is 0.102. The average Bonchev–Trinajstić information content (AvgIpc) is 3.36. The molecule has 0 radical (unpaired) electrons. The number of benzene rings is 2. The lowest BCUT2D eigenvalue weighted by Gasteiger charge is -2.09. The van der Waals surface area contributed by atoms with Gasteiger partial charge in [0.1, 0.15) is 19.0 Å². The highest BCUT2D eigenvalue weighted by Gasteiger charge is 2.09. The number of aryl methyl sites for hydroxylation is 1. The normalized spacial score (nSPS) is 10.7. The quantitative estimate of drug-likeness (QED) is 0.604. The molecular weight excluding hydrogens is 332 g/mol. The van der Waals surface area contributed by atoms with Crippen molar-refractivity contribution in [1.82, 2.24) is 35.0 Å². The summed E-state index contributed by atoms with van der Waals surface area (Å²) >= 11 is 0. The fraction of sp³-hybridized carbons (Fsp3) is 0.0588. The van der Waals surface area contributed by atoms with Gasteiger partial charge in [-0.05, 0) is 65.4 Å². The summed E-state index contributed by atoms with van der Waals surface area (Å²) in [6.45, 7) is 1.93. The van der Waals surface area contributed by atoms with Gasteiger partial charge in [-0.25, -0.2) is 14.3 Å². The van der Waals surface area contributed by atoms with Gasteiger partial charge in [0.15, 0.2) is 0 Å². The number of amides is 1. The maximum atomic E-state index is 12.5. The number of nitrogens with zero attached hydrogens (tertiary/aromatic N) is 7. The van der Waals surface area contributed by atoms with Crippen molar-refractivity contribution < 1.29 is 4.79 Å². The average molecular weight is 346 g/mol. The minimum absolute atomic E-state index is 0.190. The zero-order valence-corrected chi connectivity index (χ0v) is 13.8. The van der Waals surface area contributed by atoms with E-state index in [-0.39, 0.29) is 5.91 Å². The van der Waals surface area contributed by atoms with Gasteiger partial charge < -0.3 is 5.32 Å². The first-order valence-electron chi connectivity index (χ1n) is 7.81. The number of tetrazole rings is 1. The predicted octanol–water partition coefficient (Wildman–Crippen LogP) is 1.80. The maximum Gasteiger partial charge on any atom is 0.255 e. The Labute approximate surface area is 148 Å². The lowest BCUT2D eigenvalue weighted by Crippen LogP contribution is -2.12. The van der Waals surface area contributed by atoms with Crippen molar-refractivity contribution in [2.75, 3.05) is 5.32 Å². The van der Waals surface area contributed by atoms with Crippen LogP contribution in [0.5, 0.6) is 0 Å². The van der Waals surface area contributed by atoms with Gasteiger partial charge in [0.05, 0.1) is 11.4 Å². The summed E-state index contributed by atoms with van der Waals surface area (Å²) in [5.41, 5.74) is 3.88. The van der Waals surface area contributed by atoms with Gasteiger partial charge in [0.25, 0.3) is 5.91 Å². The zero-order chi connectivity index (χ0) is 17.9. The monoisotopic (exact) mass is 346 g/mol. The van der Waals surface area contributed by atoms with Gasteiger partial charge in [-0.15, -0.1) is 5.10 Å². The molecule has 0 fully saturated rings. The third-order valence-electron chi connectivity index (χ3n) is 3.86. The van der Waals surface area contributed by atoms with Gasteiger partial charge in [-0.3, -0.25) is 4.79 Å². The smallest absolute Gasteiger partial charge is 0.255 e. The standard InChI is InChI=1S/C17H14N8O/c1-12-8-14(4-7-16(12)25-11-19-22-23-25)21-17(26)13-2-5-15(6-3-13)24-10-18-9-20-24/h2-11H,1H3,(H,21,26). The summed E-state index contributed by atoms with van der Waals surface area (Å²) in [6.07, 6.45) is 4.59. The molecule has 2 aromatic carbocycles. The number of carbonyl (C=O) groups excluding carboxylic acids is 1. The molecule has 1 N–H and O–H groups in total. The van der Waals surface area contributed by atoms with Crippen LogP contribution in [0, 0.1) is 6.92 Å². The Morgan fingerprint density at radius 3 is 2.54 bits per heavy atom. The Balaban J connectivity index is 1.50.